The Morgan fingerprint density at radius 3 is 1.75 bits per heavy atom. The van der Waals surface area contributed by atoms with E-state index in [9.17, 15) is 4.39 Å². The SMILES string of the molecule is F/C(=C/Cl)C(Cl)(Cl)Cl. The van der Waals surface area contributed by atoms with Gasteiger partial charge in [0.2, 0.25) is 3.79 Å². The maximum atomic E-state index is 12.0. The molecule has 0 bridgehead atoms. The van der Waals surface area contributed by atoms with Gasteiger partial charge in [0.1, 0.15) is 0 Å². The molecule has 5 heteroatoms. The Labute approximate surface area is 66.2 Å². The van der Waals surface area contributed by atoms with Gasteiger partial charge in [-0.15, -0.1) is 0 Å². The van der Waals surface area contributed by atoms with Crippen LogP contribution >= 0.6 is 46.4 Å². The van der Waals surface area contributed by atoms with Crippen molar-refractivity contribution in [2.24, 2.45) is 0 Å². The van der Waals surface area contributed by atoms with Crippen molar-refractivity contribution in [3.63, 3.8) is 0 Å². The van der Waals surface area contributed by atoms with Gasteiger partial charge in [-0.25, -0.2) is 4.39 Å². The van der Waals surface area contributed by atoms with Gasteiger partial charge in [0.25, 0.3) is 0 Å². The molecule has 0 unspecified atom stereocenters. The molecule has 0 fully saturated rings. The van der Waals surface area contributed by atoms with Crippen LogP contribution in [0.5, 0.6) is 0 Å². The first-order valence-electron chi connectivity index (χ1n) is 1.51. The van der Waals surface area contributed by atoms with E-state index in [4.69, 9.17) is 46.4 Å². The summed E-state index contributed by atoms with van der Waals surface area (Å²) in [7, 11) is 0. The Kier molecular flexibility index (Phi) is 3.44. The molecule has 0 aliphatic carbocycles. The predicted molar refractivity (Wildman–Crippen MR) is 35.3 cm³/mol. The fourth-order valence-electron chi connectivity index (χ4n) is 0.0619. The van der Waals surface area contributed by atoms with Gasteiger partial charge in [0.05, 0.1) is 0 Å². The maximum Gasteiger partial charge on any atom is 0.242 e. The summed E-state index contributed by atoms with van der Waals surface area (Å²) in [6, 6.07) is 0. The lowest BCUT2D eigenvalue weighted by atomic mass is 10.7. The average Bonchev–Trinajstić information content (AvgIpc) is 1.62. The van der Waals surface area contributed by atoms with E-state index in [1.54, 1.807) is 0 Å². The number of hydrogen-bond acceptors (Lipinski definition) is 0. The van der Waals surface area contributed by atoms with E-state index in [-0.39, 0.29) is 0 Å². The molecule has 0 radical (unpaired) electrons. The molecule has 0 heterocycles. The van der Waals surface area contributed by atoms with Gasteiger partial charge >= 0.3 is 0 Å². The van der Waals surface area contributed by atoms with Crippen LogP contribution in [-0.2, 0) is 0 Å². The lowest BCUT2D eigenvalue weighted by Gasteiger charge is -2.04. The van der Waals surface area contributed by atoms with Crippen LogP contribution in [-0.4, -0.2) is 3.79 Å². The second-order valence-electron chi connectivity index (χ2n) is 0.955. The molecule has 0 aromatic carbocycles. The van der Waals surface area contributed by atoms with Crippen molar-refractivity contribution < 1.29 is 4.39 Å². The molecule has 48 valence electrons. The van der Waals surface area contributed by atoms with Crippen LogP contribution in [0.25, 0.3) is 0 Å². The minimum absolute atomic E-state index is 0.576. The summed E-state index contributed by atoms with van der Waals surface area (Å²) in [6.07, 6.45) is 0. The Hall–Kier alpha value is 0.830. The van der Waals surface area contributed by atoms with Gasteiger partial charge in [-0.05, 0) is 0 Å². The third-order valence-corrected chi connectivity index (χ3v) is 1.10. The quantitative estimate of drug-likeness (QED) is 0.523. The zero-order chi connectivity index (χ0) is 6.78. The molecule has 0 rings (SSSR count). The summed E-state index contributed by atoms with van der Waals surface area (Å²) in [5.74, 6) is -0.982. The van der Waals surface area contributed by atoms with E-state index >= 15 is 0 Å². The summed E-state index contributed by atoms with van der Waals surface area (Å²) < 4.78 is 9.96. The lowest BCUT2D eigenvalue weighted by Crippen LogP contribution is -2.00. The van der Waals surface area contributed by atoms with Gasteiger partial charge in [-0.2, -0.15) is 0 Å². The Bertz CT molecular complexity index is 102. The van der Waals surface area contributed by atoms with Crippen molar-refractivity contribution in [1.29, 1.82) is 0 Å². The predicted octanol–water partition coefficient (Wildman–Crippen LogP) is 3.41. The molecule has 0 amide bonds. The minimum atomic E-state index is -2.01. The number of hydrogen-bond donors (Lipinski definition) is 0. The Balaban J connectivity index is 4.03. The van der Waals surface area contributed by atoms with Crippen LogP contribution in [0.3, 0.4) is 0 Å². The molecule has 0 aliphatic heterocycles. The molecular formula is C3HCl4F. The van der Waals surface area contributed by atoms with E-state index in [1.165, 1.54) is 0 Å². The summed E-state index contributed by atoms with van der Waals surface area (Å²) in [4.78, 5) is 0. The van der Waals surface area contributed by atoms with E-state index in [1.807, 2.05) is 0 Å². The normalized spacial score (nSPS) is 14.4. The molecule has 0 nitrogen and oxygen atoms in total. The second-order valence-corrected chi connectivity index (χ2v) is 3.45. The monoisotopic (exact) mass is 196 g/mol. The molecule has 0 aromatic heterocycles. The number of rotatable bonds is 0. The Morgan fingerprint density at radius 1 is 1.38 bits per heavy atom. The van der Waals surface area contributed by atoms with Gasteiger partial charge in [-0.3, -0.25) is 0 Å². The molecule has 0 spiro atoms. The molecular weight excluding hydrogens is 197 g/mol. The lowest BCUT2D eigenvalue weighted by molar-refractivity contribution is 0.622. The van der Waals surface area contributed by atoms with Crippen LogP contribution < -0.4 is 0 Å². The third-order valence-electron chi connectivity index (χ3n) is 0.367. The molecule has 8 heavy (non-hydrogen) atoms. The topological polar surface area (TPSA) is 0 Å². The molecule has 0 N–H and O–H groups in total. The van der Waals surface area contributed by atoms with Crippen molar-refractivity contribution in [2.45, 2.75) is 3.79 Å². The van der Waals surface area contributed by atoms with E-state index < -0.39 is 9.62 Å². The molecule has 0 aliphatic rings. The maximum absolute atomic E-state index is 12.0. The smallest absolute Gasteiger partial charge is 0.206 e. The largest absolute Gasteiger partial charge is 0.242 e. The van der Waals surface area contributed by atoms with Gasteiger partial charge in [0, 0.05) is 5.54 Å². The molecule has 0 saturated heterocycles. The van der Waals surface area contributed by atoms with Gasteiger partial charge in [-0.1, -0.05) is 46.4 Å². The van der Waals surface area contributed by atoms with Crippen molar-refractivity contribution in [3.8, 4) is 0 Å². The van der Waals surface area contributed by atoms with Crippen LogP contribution in [0, 0.1) is 0 Å². The zero-order valence-electron chi connectivity index (χ0n) is 3.47. The second kappa shape index (κ2) is 3.11. The number of allylic oxidation sites excluding steroid dienone is 1. The van der Waals surface area contributed by atoms with Crippen LogP contribution in [0.4, 0.5) is 4.39 Å². The minimum Gasteiger partial charge on any atom is -0.206 e. The van der Waals surface area contributed by atoms with E-state index in [2.05, 4.69) is 0 Å². The highest BCUT2D eigenvalue weighted by atomic mass is 35.6. The fraction of sp³-hybridized carbons (Fsp3) is 0.333. The first kappa shape index (κ1) is 8.83. The number of halogens is 5. The highest BCUT2D eigenvalue weighted by Gasteiger charge is 2.25. The first-order chi connectivity index (χ1) is 3.48. The van der Waals surface area contributed by atoms with Gasteiger partial charge in [0.15, 0.2) is 5.83 Å². The molecule has 0 aromatic rings. The van der Waals surface area contributed by atoms with Crippen LogP contribution in [0.15, 0.2) is 11.4 Å². The van der Waals surface area contributed by atoms with Crippen LogP contribution in [0.1, 0.15) is 0 Å². The standard InChI is InChI=1S/C3HCl4F/c4-1-2(8)3(5,6)7/h1H/b2-1+. The van der Waals surface area contributed by atoms with Crippen molar-refractivity contribution >= 4 is 46.4 Å². The highest BCUT2D eigenvalue weighted by Crippen LogP contribution is 2.35. The molecule has 0 saturated carbocycles. The summed E-state index contributed by atoms with van der Waals surface area (Å²) in [6.45, 7) is 0. The average molecular weight is 198 g/mol. The summed E-state index contributed by atoms with van der Waals surface area (Å²) >= 11 is 19.8. The van der Waals surface area contributed by atoms with Gasteiger partial charge < -0.3 is 0 Å². The van der Waals surface area contributed by atoms with Crippen molar-refractivity contribution in [1.82, 2.24) is 0 Å². The molecule has 0 atom stereocenters. The van der Waals surface area contributed by atoms with E-state index in [0.717, 1.165) is 0 Å². The fourth-order valence-corrected chi connectivity index (χ4v) is 0.557. The highest BCUT2D eigenvalue weighted by molar-refractivity contribution is 6.69. The van der Waals surface area contributed by atoms with Crippen molar-refractivity contribution in [3.05, 3.63) is 11.4 Å². The zero-order valence-corrected chi connectivity index (χ0v) is 6.49. The Morgan fingerprint density at radius 2 is 1.75 bits per heavy atom. The summed E-state index contributed by atoms with van der Waals surface area (Å²) in [5, 5.41) is 0. The van der Waals surface area contributed by atoms with E-state index in [0.29, 0.717) is 5.54 Å². The van der Waals surface area contributed by atoms with Crippen LogP contribution in [0.2, 0.25) is 0 Å². The third kappa shape index (κ3) is 2.98. The van der Waals surface area contributed by atoms with Crippen molar-refractivity contribution in [2.75, 3.05) is 0 Å². The summed E-state index contributed by atoms with van der Waals surface area (Å²) in [5.41, 5.74) is 0.576. The number of alkyl halides is 3. The first-order valence-corrected chi connectivity index (χ1v) is 3.08.